The van der Waals surface area contributed by atoms with Gasteiger partial charge in [0.15, 0.2) is 0 Å². The minimum absolute atomic E-state index is 0.0130. The van der Waals surface area contributed by atoms with Crippen LogP contribution in [0.2, 0.25) is 0 Å². The van der Waals surface area contributed by atoms with Crippen LogP contribution in [0.3, 0.4) is 0 Å². The molecule has 8 nitrogen and oxygen atoms in total. The molecule has 0 aliphatic heterocycles. The van der Waals surface area contributed by atoms with Crippen molar-refractivity contribution in [2.24, 2.45) is 0 Å². The van der Waals surface area contributed by atoms with Crippen molar-refractivity contribution in [3.05, 3.63) is 0 Å². The Morgan fingerprint density at radius 3 is 1.32 bits per heavy atom. The molecule has 0 aromatic heterocycles. The van der Waals surface area contributed by atoms with Crippen LogP contribution in [0.1, 0.15) is 240 Å². The minimum Gasteiger partial charge on any atom is -0.449 e. The highest BCUT2D eigenvalue weighted by atomic mass is 16.7. The number of carbonyl (C=O) groups is 3. The summed E-state index contributed by atoms with van der Waals surface area (Å²) in [5, 5.41) is 0. The maximum Gasteiger partial charge on any atom is 0.508 e. The van der Waals surface area contributed by atoms with E-state index in [1.54, 1.807) is 0 Å². The molecule has 0 saturated carbocycles. The van der Waals surface area contributed by atoms with Gasteiger partial charge in [-0.05, 0) is 96.7 Å². The molecule has 0 radical (unpaired) electrons. The smallest absolute Gasteiger partial charge is 0.449 e. The van der Waals surface area contributed by atoms with Crippen LogP contribution < -0.4 is 0 Å². The fraction of sp³-hybridized carbons (Fsp3) is 0.938. The third-order valence-electron chi connectivity index (χ3n) is 11.1. The lowest BCUT2D eigenvalue weighted by molar-refractivity contribution is -0.107. The van der Waals surface area contributed by atoms with E-state index < -0.39 is 6.16 Å². The molecule has 0 rings (SSSR count). The second-order valence-electron chi connectivity index (χ2n) is 16.5. The molecule has 0 fully saturated rings. The SMILES string of the molecule is CCCCCCCCC(CCCCCC)OC(=O)OCCCCCCN(CCCCC=O)CCCCCCOC(=O)N(CCCCCC)CCCCCCCC. The Morgan fingerprint density at radius 1 is 0.446 bits per heavy atom. The van der Waals surface area contributed by atoms with Crippen molar-refractivity contribution in [1.82, 2.24) is 9.80 Å². The van der Waals surface area contributed by atoms with Crippen LogP contribution in [0.15, 0.2) is 0 Å². The molecule has 1 amide bonds. The van der Waals surface area contributed by atoms with Gasteiger partial charge in [-0.25, -0.2) is 9.59 Å². The van der Waals surface area contributed by atoms with Gasteiger partial charge in [-0.3, -0.25) is 0 Å². The van der Waals surface area contributed by atoms with E-state index in [9.17, 15) is 14.4 Å². The van der Waals surface area contributed by atoms with Crippen molar-refractivity contribution in [2.75, 3.05) is 45.9 Å². The summed E-state index contributed by atoms with van der Waals surface area (Å²) in [6.45, 7) is 14.7. The van der Waals surface area contributed by atoms with Gasteiger partial charge >= 0.3 is 12.2 Å². The number of unbranched alkanes of at least 4 members (excludes halogenated alkanes) is 24. The van der Waals surface area contributed by atoms with Crippen LogP contribution in [-0.4, -0.2) is 80.4 Å². The molecule has 0 spiro atoms. The normalized spacial score (nSPS) is 11.9. The molecule has 1 atom stereocenters. The molecule has 0 saturated heterocycles. The first-order valence-electron chi connectivity index (χ1n) is 24.4. The lowest BCUT2D eigenvalue weighted by Gasteiger charge is -2.23. The zero-order valence-electron chi connectivity index (χ0n) is 37.8. The highest BCUT2D eigenvalue weighted by Gasteiger charge is 2.16. The molecular weight excluding hydrogens is 701 g/mol. The zero-order chi connectivity index (χ0) is 41.0. The summed E-state index contributed by atoms with van der Waals surface area (Å²) in [6, 6.07) is 0. The van der Waals surface area contributed by atoms with E-state index in [0.29, 0.717) is 19.6 Å². The Labute approximate surface area is 347 Å². The summed E-state index contributed by atoms with van der Waals surface area (Å²) >= 11 is 0. The Balaban J connectivity index is 4.39. The molecule has 0 heterocycles. The van der Waals surface area contributed by atoms with Gasteiger partial charge in [-0.15, -0.1) is 0 Å². The van der Waals surface area contributed by atoms with Crippen molar-refractivity contribution >= 4 is 18.5 Å². The summed E-state index contributed by atoms with van der Waals surface area (Å²) in [7, 11) is 0. The number of ether oxygens (including phenoxy) is 3. The van der Waals surface area contributed by atoms with E-state index in [1.807, 2.05) is 4.90 Å². The molecule has 1 unspecified atom stereocenters. The van der Waals surface area contributed by atoms with Gasteiger partial charge in [-0.2, -0.15) is 0 Å². The molecule has 332 valence electrons. The molecule has 0 aliphatic rings. The number of hydrogen-bond acceptors (Lipinski definition) is 7. The molecule has 0 N–H and O–H groups in total. The third kappa shape index (κ3) is 37.7. The van der Waals surface area contributed by atoms with Crippen LogP contribution in [0.25, 0.3) is 0 Å². The molecule has 0 aromatic rings. The topological polar surface area (TPSA) is 85.4 Å². The highest BCUT2D eigenvalue weighted by molar-refractivity contribution is 5.67. The number of carbonyl (C=O) groups excluding carboxylic acids is 3. The third-order valence-corrected chi connectivity index (χ3v) is 11.1. The number of aldehydes is 1. The second kappa shape index (κ2) is 44.3. The summed E-state index contributed by atoms with van der Waals surface area (Å²) in [4.78, 5) is 40.8. The molecule has 0 aromatic carbocycles. The van der Waals surface area contributed by atoms with Crippen LogP contribution in [0.5, 0.6) is 0 Å². The molecule has 0 bridgehead atoms. The quantitative estimate of drug-likeness (QED) is 0.0345. The predicted octanol–water partition coefficient (Wildman–Crippen LogP) is 14.4. The number of amides is 1. The van der Waals surface area contributed by atoms with Gasteiger partial charge < -0.3 is 28.8 Å². The van der Waals surface area contributed by atoms with Crippen molar-refractivity contribution in [1.29, 1.82) is 0 Å². The summed E-state index contributed by atoms with van der Waals surface area (Å²) in [5.74, 6) is 0. The average Bonchev–Trinajstić information content (AvgIpc) is 3.20. The molecular formula is C48H94N2O6. The maximum atomic E-state index is 12.9. The lowest BCUT2D eigenvalue weighted by Crippen LogP contribution is -2.33. The Morgan fingerprint density at radius 2 is 0.821 bits per heavy atom. The van der Waals surface area contributed by atoms with E-state index in [4.69, 9.17) is 14.2 Å². The number of rotatable bonds is 44. The van der Waals surface area contributed by atoms with Gasteiger partial charge in [0, 0.05) is 19.5 Å². The van der Waals surface area contributed by atoms with E-state index in [-0.39, 0.29) is 12.2 Å². The van der Waals surface area contributed by atoms with Crippen LogP contribution in [0, 0.1) is 0 Å². The van der Waals surface area contributed by atoms with Crippen molar-refractivity contribution in [3.8, 4) is 0 Å². The van der Waals surface area contributed by atoms with Gasteiger partial charge in [0.2, 0.25) is 0 Å². The van der Waals surface area contributed by atoms with Crippen molar-refractivity contribution < 1.29 is 28.6 Å². The number of nitrogens with zero attached hydrogens (tertiary/aromatic N) is 2. The average molecular weight is 795 g/mol. The minimum atomic E-state index is -0.487. The van der Waals surface area contributed by atoms with Gasteiger partial charge in [-0.1, -0.05) is 156 Å². The first-order chi connectivity index (χ1) is 27.5. The summed E-state index contributed by atoms with van der Waals surface area (Å²) in [6.07, 6.45) is 37.7. The van der Waals surface area contributed by atoms with E-state index >= 15 is 0 Å². The maximum absolute atomic E-state index is 12.9. The van der Waals surface area contributed by atoms with Crippen molar-refractivity contribution in [3.63, 3.8) is 0 Å². The van der Waals surface area contributed by atoms with Crippen LogP contribution in [0.4, 0.5) is 9.59 Å². The fourth-order valence-corrected chi connectivity index (χ4v) is 7.38. The molecule has 0 aliphatic carbocycles. The van der Waals surface area contributed by atoms with E-state index in [0.717, 1.165) is 142 Å². The fourth-order valence-electron chi connectivity index (χ4n) is 7.38. The zero-order valence-corrected chi connectivity index (χ0v) is 37.8. The van der Waals surface area contributed by atoms with Gasteiger partial charge in [0.1, 0.15) is 12.4 Å². The Hall–Kier alpha value is -1.83. The Kier molecular flexibility index (Phi) is 42.8. The van der Waals surface area contributed by atoms with E-state index in [2.05, 4.69) is 32.6 Å². The predicted molar refractivity (Wildman–Crippen MR) is 237 cm³/mol. The van der Waals surface area contributed by atoms with Crippen LogP contribution in [-0.2, 0) is 19.0 Å². The molecule has 56 heavy (non-hydrogen) atoms. The Bertz CT molecular complexity index is 842. The molecule has 8 heteroatoms. The highest BCUT2D eigenvalue weighted by Crippen LogP contribution is 2.17. The van der Waals surface area contributed by atoms with Gasteiger partial charge in [0.05, 0.1) is 13.2 Å². The number of hydrogen-bond donors (Lipinski definition) is 0. The van der Waals surface area contributed by atoms with Crippen molar-refractivity contribution in [2.45, 2.75) is 246 Å². The standard InChI is InChI=1S/C48H94N2O6/c1-5-9-13-17-19-27-37-46(36-26-15-11-7-3)56-48(53)55-45-35-24-22-29-39-49(40-30-25-33-43-51)38-28-21-23-34-44-54-47(52)50(41-31-16-12-8-4)42-32-20-18-14-10-6-2/h43,46H,5-42,44-45H2,1-4H3. The lowest BCUT2D eigenvalue weighted by atomic mass is 10.0. The van der Waals surface area contributed by atoms with E-state index in [1.165, 1.54) is 103 Å². The largest absolute Gasteiger partial charge is 0.508 e. The second-order valence-corrected chi connectivity index (χ2v) is 16.5. The first-order valence-corrected chi connectivity index (χ1v) is 24.4. The summed E-state index contributed by atoms with van der Waals surface area (Å²) in [5.41, 5.74) is 0. The summed E-state index contributed by atoms with van der Waals surface area (Å²) < 4.78 is 17.0. The first kappa shape index (κ1) is 54.2. The van der Waals surface area contributed by atoms with Gasteiger partial charge in [0.25, 0.3) is 0 Å². The monoisotopic (exact) mass is 795 g/mol. The van der Waals surface area contributed by atoms with Crippen LogP contribution >= 0.6 is 0 Å².